The summed E-state index contributed by atoms with van der Waals surface area (Å²) in [5.41, 5.74) is 7.62. The molecule has 104 valence electrons. The van der Waals surface area contributed by atoms with E-state index >= 15 is 0 Å². The summed E-state index contributed by atoms with van der Waals surface area (Å²) in [6.45, 7) is 2.90. The Balaban J connectivity index is 2.02. The van der Waals surface area contributed by atoms with Crippen molar-refractivity contribution in [2.45, 2.75) is 25.8 Å². The SMILES string of the molecule is C[C@@H]1CC[C@H](C(N)=O)CN1c1ccnc2ccccc12. The van der Waals surface area contributed by atoms with Gasteiger partial charge in [0.15, 0.2) is 0 Å². The Morgan fingerprint density at radius 2 is 2.10 bits per heavy atom. The van der Waals surface area contributed by atoms with E-state index in [2.05, 4.69) is 22.9 Å². The normalized spacial score (nSPS) is 22.9. The number of carbonyl (C=O) groups is 1. The Bertz CT molecular complexity index is 635. The zero-order valence-electron chi connectivity index (χ0n) is 11.6. The van der Waals surface area contributed by atoms with Gasteiger partial charge in [0.1, 0.15) is 0 Å². The number of nitrogens with two attached hydrogens (primary N) is 1. The van der Waals surface area contributed by atoms with Gasteiger partial charge < -0.3 is 10.6 Å². The van der Waals surface area contributed by atoms with Crippen molar-refractivity contribution >= 4 is 22.5 Å². The molecule has 1 aliphatic heterocycles. The van der Waals surface area contributed by atoms with E-state index in [1.165, 1.54) is 0 Å². The summed E-state index contributed by atoms with van der Waals surface area (Å²) >= 11 is 0. The molecule has 4 heteroatoms. The van der Waals surface area contributed by atoms with Gasteiger partial charge in [-0.3, -0.25) is 9.78 Å². The quantitative estimate of drug-likeness (QED) is 0.910. The predicted molar refractivity (Wildman–Crippen MR) is 80.5 cm³/mol. The fraction of sp³-hybridized carbons (Fsp3) is 0.375. The standard InChI is InChI=1S/C16H19N3O/c1-11-6-7-12(16(17)20)10-19(11)15-8-9-18-14-5-3-2-4-13(14)15/h2-5,8-9,11-12H,6-7,10H2,1H3,(H2,17,20)/t11-,12+/m1/s1. The Kier molecular flexibility index (Phi) is 3.30. The van der Waals surface area contributed by atoms with E-state index in [-0.39, 0.29) is 11.8 Å². The molecule has 0 saturated carbocycles. The zero-order valence-corrected chi connectivity index (χ0v) is 11.6. The van der Waals surface area contributed by atoms with E-state index in [9.17, 15) is 4.79 Å². The molecule has 1 saturated heterocycles. The number of aromatic nitrogens is 1. The topological polar surface area (TPSA) is 59.2 Å². The largest absolute Gasteiger partial charge is 0.369 e. The number of amides is 1. The van der Waals surface area contributed by atoms with Crippen LogP contribution in [0.1, 0.15) is 19.8 Å². The van der Waals surface area contributed by atoms with Crippen molar-refractivity contribution in [1.82, 2.24) is 4.98 Å². The lowest BCUT2D eigenvalue weighted by molar-refractivity contribution is -0.122. The number of piperidine rings is 1. The van der Waals surface area contributed by atoms with Gasteiger partial charge in [0.25, 0.3) is 0 Å². The molecule has 2 N–H and O–H groups in total. The second kappa shape index (κ2) is 5.12. The molecule has 0 unspecified atom stereocenters. The third-order valence-electron chi connectivity index (χ3n) is 4.22. The minimum absolute atomic E-state index is 0.0573. The maximum Gasteiger partial charge on any atom is 0.222 e. The number of anilines is 1. The number of carbonyl (C=O) groups excluding carboxylic acids is 1. The van der Waals surface area contributed by atoms with Crippen molar-refractivity contribution in [2.24, 2.45) is 11.7 Å². The van der Waals surface area contributed by atoms with Crippen LogP contribution in [0.15, 0.2) is 36.5 Å². The molecule has 0 aliphatic carbocycles. The number of hydrogen-bond acceptors (Lipinski definition) is 3. The molecule has 20 heavy (non-hydrogen) atoms. The van der Waals surface area contributed by atoms with Crippen LogP contribution in [-0.2, 0) is 4.79 Å². The molecule has 2 aromatic rings. The maximum absolute atomic E-state index is 11.5. The van der Waals surface area contributed by atoms with Crippen molar-refractivity contribution < 1.29 is 4.79 Å². The smallest absolute Gasteiger partial charge is 0.222 e. The van der Waals surface area contributed by atoms with Gasteiger partial charge in [-0.25, -0.2) is 0 Å². The highest BCUT2D eigenvalue weighted by atomic mass is 16.1. The summed E-state index contributed by atoms with van der Waals surface area (Å²) in [6, 6.07) is 10.6. The first-order chi connectivity index (χ1) is 9.66. The van der Waals surface area contributed by atoms with Crippen LogP contribution >= 0.6 is 0 Å². The van der Waals surface area contributed by atoms with E-state index in [4.69, 9.17) is 5.73 Å². The average Bonchev–Trinajstić information content (AvgIpc) is 2.47. The molecule has 0 bridgehead atoms. The number of nitrogens with zero attached hydrogens (tertiary/aromatic N) is 2. The Labute approximate surface area is 118 Å². The summed E-state index contributed by atoms with van der Waals surface area (Å²) in [5, 5.41) is 1.13. The second-order valence-electron chi connectivity index (χ2n) is 5.53. The summed E-state index contributed by atoms with van der Waals surface area (Å²) < 4.78 is 0. The lowest BCUT2D eigenvalue weighted by Gasteiger charge is -2.39. The van der Waals surface area contributed by atoms with Gasteiger partial charge >= 0.3 is 0 Å². The molecular weight excluding hydrogens is 250 g/mol. The van der Waals surface area contributed by atoms with Crippen LogP contribution in [0, 0.1) is 5.92 Å². The zero-order chi connectivity index (χ0) is 14.1. The van der Waals surface area contributed by atoms with Crippen LogP contribution in [0.3, 0.4) is 0 Å². The number of hydrogen-bond donors (Lipinski definition) is 1. The Morgan fingerprint density at radius 1 is 1.30 bits per heavy atom. The first-order valence-corrected chi connectivity index (χ1v) is 7.06. The van der Waals surface area contributed by atoms with Crippen LogP contribution in [-0.4, -0.2) is 23.5 Å². The van der Waals surface area contributed by atoms with Gasteiger partial charge in [-0.05, 0) is 31.9 Å². The highest BCUT2D eigenvalue weighted by Crippen LogP contribution is 2.32. The molecule has 1 amide bonds. The van der Waals surface area contributed by atoms with Crippen LogP contribution in [0.2, 0.25) is 0 Å². The molecule has 1 fully saturated rings. The third-order valence-corrected chi connectivity index (χ3v) is 4.22. The van der Waals surface area contributed by atoms with Crippen LogP contribution < -0.4 is 10.6 Å². The van der Waals surface area contributed by atoms with Gasteiger partial charge in [-0.15, -0.1) is 0 Å². The van der Waals surface area contributed by atoms with Crippen LogP contribution in [0.25, 0.3) is 10.9 Å². The fourth-order valence-electron chi connectivity index (χ4n) is 3.01. The lowest BCUT2D eigenvalue weighted by atomic mass is 9.92. The predicted octanol–water partition coefficient (Wildman–Crippen LogP) is 2.33. The fourth-order valence-corrected chi connectivity index (χ4v) is 3.01. The average molecular weight is 269 g/mol. The van der Waals surface area contributed by atoms with E-state index in [0.29, 0.717) is 12.6 Å². The maximum atomic E-state index is 11.5. The number of pyridine rings is 1. The van der Waals surface area contributed by atoms with Crippen LogP contribution in [0.5, 0.6) is 0 Å². The van der Waals surface area contributed by atoms with Gasteiger partial charge in [0.2, 0.25) is 5.91 Å². The number of rotatable bonds is 2. The highest BCUT2D eigenvalue weighted by molar-refractivity contribution is 5.92. The molecule has 4 nitrogen and oxygen atoms in total. The van der Waals surface area contributed by atoms with Gasteiger partial charge in [-0.2, -0.15) is 0 Å². The lowest BCUT2D eigenvalue weighted by Crippen LogP contribution is -2.46. The first kappa shape index (κ1) is 12.9. The van der Waals surface area contributed by atoms with Crippen molar-refractivity contribution in [3.8, 4) is 0 Å². The number of primary amides is 1. The van der Waals surface area contributed by atoms with E-state index in [1.54, 1.807) is 0 Å². The summed E-state index contributed by atoms with van der Waals surface area (Å²) in [5.74, 6) is -0.251. The molecular formula is C16H19N3O. The van der Waals surface area contributed by atoms with Crippen molar-refractivity contribution in [1.29, 1.82) is 0 Å². The number of fused-ring (bicyclic) bond motifs is 1. The highest BCUT2D eigenvalue weighted by Gasteiger charge is 2.29. The van der Waals surface area contributed by atoms with Gasteiger partial charge in [0.05, 0.1) is 11.4 Å². The van der Waals surface area contributed by atoms with Gasteiger partial charge in [-0.1, -0.05) is 18.2 Å². The first-order valence-electron chi connectivity index (χ1n) is 7.06. The van der Waals surface area contributed by atoms with Gasteiger partial charge in [0, 0.05) is 29.9 Å². The Morgan fingerprint density at radius 3 is 2.90 bits per heavy atom. The van der Waals surface area contributed by atoms with E-state index in [0.717, 1.165) is 29.4 Å². The molecule has 1 aromatic heterocycles. The van der Waals surface area contributed by atoms with Crippen molar-refractivity contribution in [3.63, 3.8) is 0 Å². The van der Waals surface area contributed by atoms with Crippen molar-refractivity contribution in [3.05, 3.63) is 36.5 Å². The Hall–Kier alpha value is -2.10. The van der Waals surface area contributed by atoms with Crippen molar-refractivity contribution in [2.75, 3.05) is 11.4 Å². The third kappa shape index (κ3) is 2.22. The van der Waals surface area contributed by atoms with Crippen LogP contribution in [0.4, 0.5) is 5.69 Å². The molecule has 2 atom stereocenters. The number of benzene rings is 1. The molecule has 3 rings (SSSR count). The molecule has 1 aliphatic rings. The number of para-hydroxylation sites is 1. The van der Waals surface area contributed by atoms with E-state index < -0.39 is 0 Å². The summed E-state index contributed by atoms with van der Waals surface area (Å²) in [6.07, 6.45) is 3.71. The molecule has 0 spiro atoms. The second-order valence-corrected chi connectivity index (χ2v) is 5.53. The monoisotopic (exact) mass is 269 g/mol. The minimum Gasteiger partial charge on any atom is -0.369 e. The molecule has 0 radical (unpaired) electrons. The minimum atomic E-state index is -0.194. The molecule has 2 heterocycles. The van der Waals surface area contributed by atoms with E-state index in [1.807, 2.05) is 30.5 Å². The summed E-state index contributed by atoms with van der Waals surface area (Å²) in [4.78, 5) is 18.2. The summed E-state index contributed by atoms with van der Waals surface area (Å²) in [7, 11) is 0. The molecule has 1 aromatic carbocycles.